The molecular formula is C73H98N8O11. The van der Waals surface area contributed by atoms with Gasteiger partial charge in [-0.2, -0.15) is 0 Å². The molecule has 6 aromatic carbocycles. The molecule has 496 valence electrons. The van der Waals surface area contributed by atoms with E-state index in [1.165, 1.54) is 12.8 Å². The van der Waals surface area contributed by atoms with Crippen molar-refractivity contribution < 1.29 is 52.3 Å². The molecule has 0 radical (unpaired) electrons. The number of carbonyl (C=O) groups is 4. The van der Waals surface area contributed by atoms with E-state index in [4.69, 9.17) is 33.2 Å². The van der Waals surface area contributed by atoms with Crippen molar-refractivity contribution in [2.75, 3.05) is 88.1 Å². The van der Waals surface area contributed by atoms with Crippen LogP contribution in [-0.2, 0) is 4.74 Å². The fourth-order valence-corrected chi connectivity index (χ4v) is 10.9. The summed E-state index contributed by atoms with van der Waals surface area (Å²) in [6, 6.07) is 39.9. The summed E-state index contributed by atoms with van der Waals surface area (Å²) in [6.45, 7) is 21.1. The third-order valence-corrected chi connectivity index (χ3v) is 16.8. The fraction of sp³-hybridized carbons (Fsp3) is 0.452. The lowest BCUT2D eigenvalue weighted by Crippen LogP contribution is -2.42. The molecule has 19 nitrogen and oxygen atoms in total. The van der Waals surface area contributed by atoms with Crippen LogP contribution < -0.4 is 59.9 Å². The van der Waals surface area contributed by atoms with E-state index in [1.54, 1.807) is 99.0 Å². The lowest BCUT2D eigenvalue weighted by molar-refractivity contribution is 0.0788. The summed E-state index contributed by atoms with van der Waals surface area (Å²) >= 11 is 0. The van der Waals surface area contributed by atoms with Crippen molar-refractivity contribution >= 4 is 46.6 Å². The number of rotatable bonds is 30. The Kier molecular flexibility index (Phi) is 28.6. The van der Waals surface area contributed by atoms with Gasteiger partial charge in [0.05, 0.1) is 20.8 Å². The number of benzene rings is 6. The molecule has 5 N–H and O–H groups in total. The second-order valence-electron chi connectivity index (χ2n) is 23.3. The number of ether oxygens (including phenoxy) is 7. The van der Waals surface area contributed by atoms with Gasteiger partial charge in [-0.1, -0.05) is 48.0 Å². The highest BCUT2D eigenvalue weighted by molar-refractivity contribution is 6.06. The first-order valence-electron chi connectivity index (χ1n) is 32.9. The van der Waals surface area contributed by atoms with Crippen LogP contribution in [0.4, 0.5) is 32.3 Å². The van der Waals surface area contributed by atoms with Crippen LogP contribution in [0.5, 0.6) is 46.0 Å². The summed E-state index contributed by atoms with van der Waals surface area (Å²) in [4.78, 5) is 58.0. The zero-order valence-corrected chi connectivity index (χ0v) is 55.6. The van der Waals surface area contributed by atoms with Gasteiger partial charge in [0.2, 0.25) is 0 Å². The highest BCUT2D eigenvalue weighted by atomic mass is 16.5. The molecule has 19 heteroatoms. The Labute approximate surface area is 545 Å². The van der Waals surface area contributed by atoms with Crippen LogP contribution in [0.15, 0.2) is 133 Å². The number of hydrogen-bond donors (Lipinski definition) is 5. The number of anilines is 4. The maximum Gasteiger partial charge on any atom is 0.319 e. The summed E-state index contributed by atoms with van der Waals surface area (Å²) in [6.07, 6.45) is 11.5. The molecule has 0 saturated carbocycles. The lowest BCUT2D eigenvalue weighted by atomic mass is 10.0. The molecule has 2 aliphatic heterocycles. The topological polar surface area (TPSA) is 203 Å². The predicted molar refractivity (Wildman–Crippen MR) is 366 cm³/mol. The van der Waals surface area contributed by atoms with Gasteiger partial charge in [-0.05, 0) is 199 Å². The van der Waals surface area contributed by atoms with Gasteiger partial charge in [0, 0.05) is 104 Å². The maximum atomic E-state index is 13.7. The Hall–Kier alpha value is -8.52. The molecule has 1 unspecified atom stereocenters. The molecule has 0 aliphatic carbocycles. The van der Waals surface area contributed by atoms with E-state index in [9.17, 15) is 19.2 Å². The molecule has 0 spiro atoms. The molecule has 6 aromatic rings. The summed E-state index contributed by atoms with van der Waals surface area (Å²) in [7, 11) is 4.72. The molecule has 8 rings (SSSR count). The molecule has 2 aliphatic rings. The van der Waals surface area contributed by atoms with Crippen molar-refractivity contribution in [3.8, 4) is 46.0 Å². The Morgan fingerprint density at radius 3 is 1.40 bits per heavy atom. The lowest BCUT2D eigenvalue weighted by Gasteiger charge is -2.35. The van der Waals surface area contributed by atoms with Crippen molar-refractivity contribution in [1.29, 1.82) is 0 Å². The van der Waals surface area contributed by atoms with Gasteiger partial charge < -0.3 is 74.4 Å². The minimum absolute atomic E-state index is 0.117. The monoisotopic (exact) mass is 1260 g/mol. The minimum Gasteiger partial charge on any atom is -0.493 e. The summed E-state index contributed by atoms with van der Waals surface area (Å²) in [5.74, 6) is 4.33. The van der Waals surface area contributed by atoms with Crippen LogP contribution in [0.1, 0.15) is 140 Å². The van der Waals surface area contributed by atoms with Crippen LogP contribution in [0.3, 0.4) is 0 Å². The van der Waals surface area contributed by atoms with E-state index in [2.05, 4.69) is 57.2 Å². The molecule has 1 atom stereocenters. The number of carbonyl (C=O) groups excluding carboxylic acids is 4. The number of nitrogens with zero attached hydrogens (tertiary/aromatic N) is 3. The maximum absolute atomic E-state index is 13.7. The second kappa shape index (κ2) is 37.1. The molecular weight excluding hydrogens is 1160 g/mol. The first-order valence-corrected chi connectivity index (χ1v) is 32.9. The standard InChI is InChI=1S/C38H52N4O6.C35H46N4O5/c1-6-9-22-41-23-20-34(21-24-41)47-32-15-10-28(11-16-32)37(43)42(25-26-45-4)31-13-17-33(18-14-31)48-35-19-12-30(27-36(35)46-5)40-38(44)39-29(7-2)8-3;1-6-24(4)39-21-19-31(20-22-39)43-29-14-9-25(10-15-29)34(40)36-27-11-16-30(17-12-27)44-32-18-13-28(23-33(32)42-5)38-35(41)37-26(7-2)8-3/h10-19,27,29,34H,6-9,20-26H2,1-5H3,(H2,39,40,44);9-18,23-24,26,31H,6-8,19-22H2,1-5H3,(H,36,40)(H2,37,38,41). The van der Waals surface area contributed by atoms with Crippen LogP contribution in [0.2, 0.25) is 0 Å². The van der Waals surface area contributed by atoms with Crippen LogP contribution in [-0.4, -0.2) is 131 Å². The summed E-state index contributed by atoms with van der Waals surface area (Å²) in [5.41, 5.74) is 3.67. The number of hydrogen-bond acceptors (Lipinski definition) is 13. The van der Waals surface area contributed by atoms with E-state index >= 15 is 0 Å². The fourth-order valence-electron chi connectivity index (χ4n) is 10.9. The normalized spacial score (nSPS) is 14.0. The number of likely N-dealkylation sites (tertiary alicyclic amines) is 2. The average molecular weight is 1260 g/mol. The predicted octanol–water partition coefficient (Wildman–Crippen LogP) is 15.4. The zero-order valence-electron chi connectivity index (χ0n) is 55.6. The third kappa shape index (κ3) is 21.8. The molecule has 2 fully saturated rings. The smallest absolute Gasteiger partial charge is 0.319 e. The van der Waals surface area contributed by atoms with Gasteiger partial charge >= 0.3 is 12.1 Å². The van der Waals surface area contributed by atoms with Gasteiger partial charge in [0.15, 0.2) is 23.0 Å². The van der Waals surface area contributed by atoms with Crippen molar-refractivity contribution in [2.24, 2.45) is 0 Å². The van der Waals surface area contributed by atoms with Crippen molar-refractivity contribution in [1.82, 2.24) is 20.4 Å². The molecule has 2 saturated heterocycles. The minimum atomic E-state index is -0.263. The van der Waals surface area contributed by atoms with Gasteiger partial charge in [-0.25, -0.2) is 9.59 Å². The van der Waals surface area contributed by atoms with Crippen molar-refractivity contribution in [3.05, 3.63) is 145 Å². The Bertz CT molecular complexity index is 3200. The number of urea groups is 2. The first-order chi connectivity index (χ1) is 44.7. The number of methoxy groups -OCH3 is 3. The molecule has 92 heavy (non-hydrogen) atoms. The van der Waals surface area contributed by atoms with Crippen molar-refractivity contribution in [2.45, 2.75) is 149 Å². The average Bonchev–Trinajstić information content (AvgIpc) is 1.53. The molecule has 0 aromatic heterocycles. The van der Waals surface area contributed by atoms with Gasteiger partial charge in [0.25, 0.3) is 11.8 Å². The van der Waals surface area contributed by atoms with Gasteiger partial charge in [0.1, 0.15) is 35.2 Å². The Morgan fingerprint density at radius 1 is 0.511 bits per heavy atom. The number of piperidine rings is 2. The van der Waals surface area contributed by atoms with Gasteiger partial charge in [-0.15, -0.1) is 0 Å². The first kappa shape index (κ1) is 70.9. The summed E-state index contributed by atoms with van der Waals surface area (Å²) < 4.78 is 40.9. The molecule has 2 heterocycles. The van der Waals surface area contributed by atoms with Crippen LogP contribution in [0, 0.1) is 0 Å². The number of amides is 6. The molecule has 0 bridgehead atoms. The SMILES string of the molecule is CCC(CC)NC(=O)Nc1ccc(Oc2ccc(NC(=O)c3ccc(OC4CCN(C(C)CC)CC4)cc3)cc2)c(OC)c1.CCCCN1CCC(Oc2ccc(C(=O)N(CCOC)c3ccc(Oc4ccc(NC(=O)NC(CC)CC)cc4OC)cc3)cc2)CC1. The van der Waals surface area contributed by atoms with E-state index in [0.717, 1.165) is 108 Å². The zero-order chi connectivity index (χ0) is 65.8. The van der Waals surface area contributed by atoms with Crippen molar-refractivity contribution in [3.63, 3.8) is 0 Å². The number of nitrogens with one attached hydrogen (secondary N) is 5. The van der Waals surface area contributed by atoms with Crippen LogP contribution in [0.25, 0.3) is 0 Å². The largest absolute Gasteiger partial charge is 0.493 e. The highest BCUT2D eigenvalue weighted by Gasteiger charge is 2.25. The molecule has 6 amide bonds. The Morgan fingerprint density at radius 2 is 0.957 bits per heavy atom. The second-order valence-corrected chi connectivity index (χ2v) is 23.3. The third-order valence-electron chi connectivity index (χ3n) is 16.8. The van der Waals surface area contributed by atoms with Gasteiger partial charge in [-0.3, -0.25) is 9.59 Å². The summed E-state index contributed by atoms with van der Waals surface area (Å²) in [5, 5.41) is 14.5. The Balaban J connectivity index is 0.000000262. The number of unbranched alkanes of at least 4 members (excludes halogenated alkanes) is 1. The van der Waals surface area contributed by atoms with Crippen LogP contribution >= 0.6 is 0 Å². The van der Waals surface area contributed by atoms with E-state index in [1.807, 2.05) is 88.4 Å². The van der Waals surface area contributed by atoms with E-state index < -0.39 is 0 Å². The quantitative estimate of drug-likeness (QED) is 0.0285. The van der Waals surface area contributed by atoms with E-state index in [-0.39, 0.29) is 48.2 Å². The highest BCUT2D eigenvalue weighted by Crippen LogP contribution is 2.37. The van der Waals surface area contributed by atoms with E-state index in [0.29, 0.717) is 81.9 Å².